The SMILES string of the molecule is CN=C1N/C(=C(/N)Sc2ccc(F)cc2)N(N)c2ccccc21. The summed E-state index contributed by atoms with van der Waals surface area (Å²) in [5, 5.41) is 5.11. The Bertz CT molecular complexity index is 785. The van der Waals surface area contributed by atoms with Gasteiger partial charge in [0.25, 0.3) is 0 Å². The van der Waals surface area contributed by atoms with Crippen molar-refractivity contribution in [2.24, 2.45) is 16.6 Å². The maximum absolute atomic E-state index is 13.0. The summed E-state index contributed by atoms with van der Waals surface area (Å²) in [6, 6.07) is 13.8. The van der Waals surface area contributed by atoms with Crippen molar-refractivity contribution in [1.29, 1.82) is 0 Å². The molecular formula is C16H16FN5S. The molecular weight excluding hydrogens is 313 g/mol. The van der Waals surface area contributed by atoms with Crippen LogP contribution >= 0.6 is 11.8 Å². The van der Waals surface area contributed by atoms with Crippen LogP contribution in [0, 0.1) is 5.82 Å². The topological polar surface area (TPSA) is 79.7 Å². The molecule has 0 spiro atoms. The Morgan fingerprint density at radius 1 is 1.17 bits per heavy atom. The lowest BCUT2D eigenvalue weighted by Crippen LogP contribution is -2.46. The lowest BCUT2D eigenvalue weighted by molar-refractivity contribution is 0.626. The molecule has 2 aromatic rings. The molecule has 3 rings (SSSR count). The molecule has 0 atom stereocenters. The summed E-state index contributed by atoms with van der Waals surface area (Å²) < 4.78 is 13.0. The highest BCUT2D eigenvalue weighted by molar-refractivity contribution is 8.03. The molecule has 0 bridgehead atoms. The maximum atomic E-state index is 13.0. The summed E-state index contributed by atoms with van der Waals surface area (Å²) in [5.41, 5.74) is 7.91. The number of rotatable bonds is 2. The number of hydrogen-bond donors (Lipinski definition) is 3. The smallest absolute Gasteiger partial charge is 0.157 e. The van der Waals surface area contributed by atoms with Crippen molar-refractivity contribution in [2.45, 2.75) is 4.90 Å². The lowest BCUT2D eigenvalue weighted by Gasteiger charge is -2.32. The minimum absolute atomic E-state index is 0.286. The van der Waals surface area contributed by atoms with Crippen LogP contribution in [0.25, 0.3) is 0 Å². The molecule has 0 saturated carbocycles. The number of thioether (sulfide) groups is 1. The number of amidine groups is 1. The van der Waals surface area contributed by atoms with E-state index in [0.29, 0.717) is 16.7 Å². The number of halogens is 1. The minimum atomic E-state index is -0.286. The molecule has 0 unspecified atom stereocenters. The number of aliphatic imine (C=N–C) groups is 1. The van der Waals surface area contributed by atoms with Crippen LogP contribution in [0.4, 0.5) is 10.1 Å². The van der Waals surface area contributed by atoms with Gasteiger partial charge in [0.15, 0.2) is 5.82 Å². The number of anilines is 1. The number of hydrazine groups is 1. The van der Waals surface area contributed by atoms with Crippen molar-refractivity contribution < 1.29 is 4.39 Å². The third kappa shape index (κ3) is 3.01. The van der Waals surface area contributed by atoms with E-state index in [4.69, 9.17) is 11.6 Å². The molecule has 1 heterocycles. The van der Waals surface area contributed by atoms with E-state index in [9.17, 15) is 4.39 Å². The molecule has 23 heavy (non-hydrogen) atoms. The molecule has 7 heteroatoms. The van der Waals surface area contributed by atoms with Gasteiger partial charge in [0.1, 0.15) is 16.7 Å². The van der Waals surface area contributed by atoms with Gasteiger partial charge in [-0.05, 0) is 36.4 Å². The monoisotopic (exact) mass is 329 g/mol. The van der Waals surface area contributed by atoms with E-state index in [0.717, 1.165) is 16.1 Å². The first-order valence-corrected chi connectivity index (χ1v) is 7.73. The van der Waals surface area contributed by atoms with Crippen molar-refractivity contribution in [3.63, 3.8) is 0 Å². The fraction of sp³-hybridized carbons (Fsp3) is 0.0625. The molecule has 0 saturated heterocycles. The van der Waals surface area contributed by atoms with Crippen LogP contribution in [0.1, 0.15) is 5.56 Å². The first-order valence-electron chi connectivity index (χ1n) is 6.91. The number of para-hydroxylation sites is 1. The molecule has 0 aromatic heterocycles. The van der Waals surface area contributed by atoms with E-state index in [1.807, 2.05) is 24.3 Å². The Balaban J connectivity index is 1.97. The van der Waals surface area contributed by atoms with Gasteiger partial charge >= 0.3 is 0 Å². The van der Waals surface area contributed by atoms with E-state index in [1.165, 1.54) is 28.9 Å². The van der Waals surface area contributed by atoms with Crippen molar-refractivity contribution in [3.05, 3.63) is 70.8 Å². The average Bonchev–Trinajstić information content (AvgIpc) is 2.57. The molecule has 0 fully saturated rings. The number of nitrogens with one attached hydrogen (secondary N) is 1. The highest BCUT2D eigenvalue weighted by Gasteiger charge is 2.25. The fourth-order valence-electron chi connectivity index (χ4n) is 2.28. The Morgan fingerprint density at radius 2 is 1.87 bits per heavy atom. The third-order valence-electron chi connectivity index (χ3n) is 3.39. The predicted molar refractivity (Wildman–Crippen MR) is 92.2 cm³/mol. The van der Waals surface area contributed by atoms with Gasteiger partial charge in [0.2, 0.25) is 0 Å². The van der Waals surface area contributed by atoms with E-state index in [-0.39, 0.29) is 5.82 Å². The standard InChI is InChI=1S/C16H16FN5S/c1-20-15-12-4-2-3-5-13(12)22(19)16(21-15)14(18)23-11-8-6-10(17)7-9-11/h2-9H,18-19H2,1H3,(H,20,21)/b16-14+. The molecule has 2 aromatic carbocycles. The Kier molecular flexibility index (Phi) is 4.22. The van der Waals surface area contributed by atoms with Crippen LogP contribution in [0.5, 0.6) is 0 Å². The highest BCUT2D eigenvalue weighted by Crippen LogP contribution is 2.31. The van der Waals surface area contributed by atoms with Gasteiger partial charge in [-0.2, -0.15) is 0 Å². The second-order valence-electron chi connectivity index (χ2n) is 4.85. The van der Waals surface area contributed by atoms with E-state index in [2.05, 4.69) is 10.3 Å². The van der Waals surface area contributed by atoms with Crippen LogP contribution in [0.3, 0.4) is 0 Å². The number of nitrogens with zero attached hydrogens (tertiary/aromatic N) is 2. The first kappa shape index (κ1) is 15.4. The molecule has 0 aliphatic carbocycles. The van der Waals surface area contributed by atoms with Crippen molar-refractivity contribution >= 4 is 23.3 Å². The van der Waals surface area contributed by atoms with Crippen molar-refractivity contribution in [1.82, 2.24) is 5.32 Å². The lowest BCUT2D eigenvalue weighted by atomic mass is 10.1. The molecule has 1 aliphatic heterocycles. The second-order valence-corrected chi connectivity index (χ2v) is 5.97. The quantitative estimate of drug-likeness (QED) is 0.582. The van der Waals surface area contributed by atoms with Gasteiger partial charge in [-0.3, -0.25) is 10.0 Å². The van der Waals surface area contributed by atoms with Crippen molar-refractivity contribution in [3.8, 4) is 0 Å². The Morgan fingerprint density at radius 3 is 2.57 bits per heavy atom. The second kappa shape index (κ2) is 6.31. The van der Waals surface area contributed by atoms with E-state index in [1.54, 1.807) is 19.2 Å². The zero-order valence-corrected chi connectivity index (χ0v) is 13.3. The summed E-state index contributed by atoms with van der Waals surface area (Å²) in [5.74, 6) is 7.14. The van der Waals surface area contributed by atoms with Gasteiger partial charge in [-0.25, -0.2) is 10.2 Å². The zero-order chi connectivity index (χ0) is 16.4. The van der Waals surface area contributed by atoms with Gasteiger partial charge in [-0.15, -0.1) is 0 Å². The normalized spacial score (nSPS) is 17.7. The van der Waals surface area contributed by atoms with Crippen LogP contribution in [-0.4, -0.2) is 12.9 Å². The van der Waals surface area contributed by atoms with E-state index < -0.39 is 0 Å². The van der Waals surface area contributed by atoms with Crippen LogP contribution in [0.15, 0.2) is 69.3 Å². The summed E-state index contributed by atoms with van der Waals surface area (Å²) in [6.45, 7) is 0. The predicted octanol–water partition coefficient (Wildman–Crippen LogP) is 2.36. The fourth-order valence-corrected chi connectivity index (χ4v) is 3.05. The number of hydrogen-bond acceptors (Lipinski definition) is 5. The van der Waals surface area contributed by atoms with Crippen molar-refractivity contribution in [2.75, 3.05) is 12.1 Å². The van der Waals surface area contributed by atoms with Gasteiger partial charge in [-0.1, -0.05) is 23.9 Å². The molecule has 0 radical (unpaired) electrons. The highest BCUT2D eigenvalue weighted by atomic mass is 32.2. The summed E-state index contributed by atoms with van der Waals surface area (Å²) in [6.07, 6.45) is 0. The van der Waals surface area contributed by atoms with Crippen LogP contribution < -0.4 is 21.9 Å². The molecule has 5 N–H and O–H groups in total. The number of fused-ring (bicyclic) bond motifs is 1. The zero-order valence-electron chi connectivity index (χ0n) is 12.5. The molecule has 1 aliphatic rings. The largest absolute Gasteiger partial charge is 0.390 e. The maximum Gasteiger partial charge on any atom is 0.157 e. The summed E-state index contributed by atoms with van der Waals surface area (Å²) in [7, 11) is 1.70. The summed E-state index contributed by atoms with van der Waals surface area (Å²) in [4.78, 5) is 5.07. The first-order chi connectivity index (χ1) is 11.1. The van der Waals surface area contributed by atoms with Crippen LogP contribution in [-0.2, 0) is 0 Å². The van der Waals surface area contributed by atoms with Gasteiger partial charge in [0, 0.05) is 17.5 Å². The molecule has 5 nitrogen and oxygen atoms in total. The summed E-state index contributed by atoms with van der Waals surface area (Å²) >= 11 is 1.30. The number of nitrogens with two attached hydrogens (primary N) is 2. The van der Waals surface area contributed by atoms with E-state index >= 15 is 0 Å². The average molecular weight is 329 g/mol. The molecule has 0 amide bonds. The minimum Gasteiger partial charge on any atom is -0.390 e. The van der Waals surface area contributed by atoms with Gasteiger partial charge < -0.3 is 11.1 Å². The Labute approximate surface area is 137 Å². The molecule has 118 valence electrons. The van der Waals surface area contributed by atoms with Gasteiger partial charge in [0.05, 0.1) is 5.69 Å². The Hall–Kier alpha value is -2.51. The third-order valence-corrected chi connectivity index (χ3v) is 4.32. The number of benzene rings is 2. The van der Waals surface area contributed by atoms with Crippen LogP contribution in [0.2, 0.25) is 0 Å².